The molecule has 0 saturated heterocycles. The van der Waals surface area contributed by atoms with Gasteiger partial charge in [0.05, 0.1) is 6.61 Å². The van der Waals surface area contributed by atoms with Crippen molar-refractivity contribution in [2.24, 2.45) is 0 Å². The number of rotatable bonds is 8. The molecule has 0 amide bonds. The molecule has 2 rings (SSSR count). The summed E-state index contributed by atoms with van der Waals surface area (Å²) in [5.41, 5.74) is 2.11. The normalized spacial score (nSPS) is 10.1. The van der Waals surface area contributed by atoms with E-state index < -0.39 is 0 Å². The van der Waals surface area contributed by atoms with E-state index in [4.69, 9.17) is 4.74 Å². The van der Waals surface area contributed by atoms with Gasteiger partial charge in [-0.3, -0.25) is 0 Å². The summed E-state index contributed by atoms with van der Waals surface area (Å²) in [6, 6.07) is 7.87. The molecule has 1 aromatic heterocycles. The maximum absolute atomic E-state index is 5.70. The zero-order valence-electron chi connectivity index (χ0n) is 14.7. The van der Waals surface area contributed by atoms with Gasteiger partial charge in [0, 0.05) is 18.0 Å². The predicted molar refractivity (Wildman–Crippen MR) is 98.1 cm³/mol. The van der Waals surface area contributed by atoms with Crippen LogP contribution in [-0.2, 0) is 6.42 Å². The molecule has 2 aromatic rings. The Morgan fingerprint density at radius 1 is 0.875 bits per heavy atom. The lowest BCUT2D eigenvalue weighted by molar-refractivity contribution is 0.306. The first-order valence-corrected chi connectivity index (χ1v) is 8.87. The molecule has 0 aliphatic carbocycles. The Morgan fingerprint density at radius 3 is 2.25 bits per heavy atom. The minimum absolute atomic E-state index is 0.565. The Morgan fingerprint density at radius 2 is 1.58 bits per heavy atom. The zero-order chi connectivity index (χ0) is 17.0. The average molecular weight is 322 g/mol. The van der Waals surface area contributed by atoms with E-state index in [1.54, 1.807) is 0 Å². The third kappa shape index (κ3) is 6.42. The first-order chi connectivity index (χ1) is 11.8. The number of aromatic nitrogens is 2. The second kappa shape index (κ2) is 10.4. The van der Waals surface area contributed by atoms with Gasteiger partial charge in [0.25, 0.3) is 0 Å². The van der Waals surface area contributed by atoms with Crippen molar-refractivity contribution in [1.29, 1.82) is 0 Å². The number of hydrogen-bond donors (Lipinski definition) is 0. The molecule has 0 aliphatic rings. The largest absolute Gasteiger partial charge is 0.494 e. The lowest BCUT2D eigenvalue weighted by Gasteiger charge is -2.05. The number of hydrogen-bond acceptors (Lipinski definition) is 3. The van der Waals surface area contributed by atoms with Crippen LogP contribution in [0.15, 0.2) is 36.7 Å². The van der Waals surface area contributed by atoms with E-state index in [2.05, 4.69) is 35.7 Å². The van der Waals surface area contributed by atoms with Gasteiger partial charge >= 0.3 is 0 Å². The molecule has 0 radical (unpaired) electrons. The van der Waals surface area contributed by atoms with Crippen molar-refractivity contribution < 1.29 is 4.74 Å². The third-order valence-corrected chi connectivity index (χ3v) is 3.71. The molecule has 0 fully saturated rings. The van der Waals surface area contributed by atoms with Crippen molar-refractivity contribution in [3.05, 3.63) is 53.6 Å². The van der Waals surface area contributed by atoms with Crippen molar-refractivity contribution >= 4 is 0 Å². The SMILES string of the molecule is CCCCCOc1ccc(C#Cc2ncc(CCCC)cn2)cc1. The molecule has 3 heteroatoms. The summed E-state index contributed by atoms with van der Waals surface area (Å²) >= 11 is 0. The monoisotopic (exact) mass is 322 g/mol. The Hall–Kier alpha value is -2.34. The second-order valence-electron chi connectivity index (χ2n) is 5.85. The summed E-state index contributed by atoms with van der Waals surface area (Å²) in [4.78, 5) is 8.63. The molecule has 0 spiro atoms. The van der Waals surface area contributed by atoms with Crippen LogP contribution >= 0.6 is 0 Å². The summed E-state index contributed by atoms with van der Waals surface area (Å²) in [6.07, 6.45) is 10.6. The molecular weight excluding hydrogens is 296 g/mol. The molecule has 1 aromatic carbocycles. The summed E-state index contributed by atoms with van der Waals surface area (Å²) in [7, 11) is 0. The zero-order valence-corrected chi connectivity index (χ0v) is 14.7. The van der Waals surface area contributed by atoms with E-state index in [0.717, 1.165) is 30.8 Å². The Kier molecular flexibility index (Phi) is 7.83. The molecule has 0 saturated carbocycles. The fourth-order valence-corrected chi connectivity index (χ4v) is 2.23. The van der Waals surface area contributed by atoms with E-state index in [9.17, 15) is 0 Å². The maximum atomic E-state index is 5.70. The van der Waals surface area contributed by atoms with E-state index in [1.807, 2.05) is 36.7 Å². The van der Waals surface area contributed by atoms with E-state index >= 15 is 0 Å². The van der Waals surface area contributed by atoms with Crippen molar-refractivity contribution in [1.82, 2.24) is 9.97 Å². The van der Waals surface area contributed by atoms with Crippen LogP contribution in [0.1, 0.15) is 62.9 Å². The molecule has 24 heavy (non-hydrogen) atoms. The van der Waals surface area contributed by atoms with Crippen LogP contribution in [-0.4, -0.2) is 16.6 Å². The Balaban J connectivity index is 1.88. The predicted octanol–water partition coefficient (Wildman–Crippen LogP) is 4.79. The van der Waals surface area contributed by atoms with Crippen LogP contribution in [0.3, 0.4) is 0 Å². The second-order valence-corrected chi connectivity index (χ2v) is 5.85. The standard InChI is InChI=1S/C21H26N2O/c1-3-5-7-15-24-20-12-9-18(10-13-20)11-14-21-22-16-19(17-23-21)8-6-4-2/h9-10,12-13,16-17H,3-8,15H2,1-2H3. The maximum Gasteiger partial charge on any atom is 0.205 e. The van der Waals surface area contributed by atoms with Crippen LogP contribution in [0, 0.1) is 11.8 Å². The van der Waals surface area contributed by atoms with Gasteiger partial charge in [0.1, 0.15) is 5.75 Å². The molecule has 0 atom stereocenters. The minimum atomic E-state index is 0.565. The average Bonchev–Trinajstić information content (AvgIpc) is 2.64. The van der Waals surface area contributed by atoms with Gasteiger partial charge in [0.2, 0.25) is 5.82 Å². The third-order valence-electron chi connectivity index (χ3n) is 3.71. The molecule has 3 nitrogen and oxygen atoms in total. The van der Waals surface area contributed by atoms with Crippen LogP contribution in [0.25, 0.3) is 0 Å². The lowest BCUT2D eigenvalue weighted by atomic mass is 10.1. The molecule has 0 aliphatic heterocycles. The van der Waals surface area contributed by atoms with Gasteiger partial charge in [-0.2, -0.15) is 0 Å². The van der Waals surface area contributed by atoms with Crippen molar-refractivity contribution in [3.8, 4) is 17.6 Å². The first kappa shape index (κ1) is 18.0. The topological polar surface area (TPSA) is 35.0 Å². The van der Waals surface area contributed by atoms with E-state index in [1.165, 1.54) is 31.2 Å². The highest BCUT2D eigenvalue weighted by Gasteiger charge is 1.96. The highest BCUT2D eigenvalue weighted by atomic mass is 16.5. The highest BCUT2D eigenvalue weighted by Crippen LogP contribution is 2.12. The molecule has 1 heterocycles. The van der Waals surface area contributed by atoms with Gasteiger partial charge in [-0.25, -0.2) is 9.97 Å². The highest BCUT2D eigenvalue weighted by molar-refractivity contribution is 5.40. The Labute approximate surface area is 145 Å². The van der Waals surface area contributed by atoms with Crippen LogP contribution in [0.5, 0.6) is 5.75 Å². The summed E-state index contributed by atoms with van der Waals surface area (Å²) in [5, 5.41) is 0. The van der Waals surface area contributed by atoms with Gasteiger partial charge in [0.15, 0.2) is 0 Å². The van der Waals surface area contributed by atoms with Gasteiger partial charge in [-0.1, -0.05) is 39.0 Å². The van der Waals surface area contributed by atoms with Crippen molar-refractivity contribution in [2.75, 3.05) is 6.61 Å². The summed E-state index contributed by atoms with van der Waals surface area (Å²) in [6.45, 7) is 5.15. The van der Waals surface area contributed by atoms with Crippen LogP contribution < -0.4 is 4.74 Å². The lowest BCUT2D eigenvalue weighted by Crippen LogP contribution is -1.96. The molecule has 126 valence electrons. The van der Waals surface area contributed by atoms with Crippen molar-refractivity contribution in [3.63, 3.8) is 0 Å². The minimum Gasteiger partial charge on any atom is -0.494 e. The van der Waals surface area contributed by atoms with Gasteiger partial charge in [-0.15, -0.1) is 0 Å². The van der Waals surface area contributed by atoms with Gasteiger partial charge < -0.3 is 4.74 Å². The number of ether oxygens (including phenoxy) is 1. The fourth-order valence-electron chi connectivity index (χ4n) is 2.23. The van der Waals surface area contributed by atoms with E-state index in [0.29, 0.717) is 5.82 Å². The summed E-state index contributed by atoms with van der Waals surface area (Å²) in [5.74, 6) is 7.57. The fraction of sp³-hybridized carbons (Fsp3) is 0.429. The first-order valence-electron chi connectivity index (χ1n) is 8.87. The molecule has 0 bridgehead atoms. The molecule has 0 unspecified atom stereocenters. The summed E-state index contributed by atoms with van der Waals surface area (Å²) < 4.78 is 5.70. The smallest absolute Gasteiger partial charge is 0.205 e. The van der Waals surface area contributed by atoms with Gasteiger partial charge in [-0.05, 0) is 55.0 Å². The van der Waals surface area contributed by atoms with E-state index in [-0.39, 0.29) is 0 Å². The number of nitrogens with zero attached hydrogens (tertiary/aromatic N) is 2. The number of unbranched alkanes of at least 4 members (excludes halogenated alkanes) is 3. The number of benzene rings is 1. The molecule has 0 N–H and O–H groups in total. The van der Waals surface area contributed by atoms with Crippen LogP contribution in [0.2, 0.25) is 0 Å². The number of aryl methyl sites for hydroxylation is 1. The quantitative estimate of drug-likeness (QED) is 0.518. The molecular formula is C21H26N2O. The van der Waals surface area contributed by atoms with Crippen LogP contribution in [0.4, 0.5) is 0 Å². The van der Waals surface area contributed by atoms with Crippen molar-refractivity contribution in [2.45, 2.75) is 52.4 Å². The Bertz CT molecular complexity index is 651.